The van der Waals surface area contributed by atoms with Crippen molar-refractivity contribution in [3.8, 4) is 45.9 Å². The average Bonchev–Trinajstić information content (AvgIpc) is 1.04. The van der Waals surface area contributed by atoms with Gasteiger partial charge in [-0.05, 0) is 82.9 Å². The summed E-state index contributed by atoms with van der Waals surface area (Å²) in [6, 6.07) is 27.9. The van der Waals surface area contributed by atoms with Crippen molar-refractivity contribution in [1.29, 1.82) is 10.5 Å². The van der Waals surface area contributed by atoms with Crippen molar-refractivity contribution in [2.24, 2.45) is 0 Å². The van der Waals surface area contributed by atoms with Gasteiger partial charge < -0.3 is 55.4 Å². The van der Waals surface area contributed by atoms with Crippen LogP contribution in [0.3, 0.4) is 0 Å². The molecule has 6 aromatic rings. The van der Waals surface area contributed by atoms with Crippen LogP contribution in [0.5, 0.6) is 11.5 Å². The number of carboxylic acid groups (broad SMARTS) is 3. The second-order valence-electron chi connectivity index (χ2n) is 24.2. The number of likely N-dealkylation sites (tertiary alicyclic amines) is 2. The van der Waals surface area contributed by atoms with Crippen LogP contribution in [-0.2, 0) is 33.6 Å². The molecule has 2 aromatic heterocycles. The summed E-state index contributed by atoms with van der Waals surface area (Å²) in [5.74, 6) is -13.0. The second kappa shape index (κ2) is 33.6. The highest BCUT2D eigenvalue weighted by atomic mass is 19.3. The minimum atomic E-state index is -3.23. The number of rotatable bonds is 26. The van der Waals surface area contributed by atoms with Gasteiger partial charge in [0.1, 0.15) is 36.8 Å². The van der Waals surface area contributed by atoms with Crippen molar-refractivity contribution >= 4 is 75.2 Å². The number of benzene rings is 4. The second-order valence-corrected chi connectivity index (χ2v) is 24.2. The molecule has 32 heteroatoms. The van der Waals surface area contributed by atoms with Gasteiger partial charge in [0, 0.05) is 88.4 Å². The van der Waals surface area contributed by atoms with Crippen LogP contribution >= 0.6 is 0 Å². The van der Waals surface area contributed by atoms with Crippen LogP contribution in [0.25, 0.3) is 44.1 Å². The zero-order chi connectivity index (χ0) is 71.7. The molecular weight excluding hydrogens is 1310 g/mol. The first-order valence-corrected chi connectivity index (χ1v) is 31.9. The predicted molar refractivity (Wildman–Crippen MR) is 350 cm³/mol. The molecule has 0 saturated carbocycles. The van der Waals surface area contributed by atoms with E-state index in [2.05, 4.69) is 25.9 Å². The smallest absolute Gasteiger partial charge is 0.317 e. The molecule has 4 aromatic carbocycles. The van der Waals surface area contributed by atoms with Gasteiger partial charge in [-0.1, -0.05) is 36.4 Å². The topological polar surface area (TPSA) is 365 Å². The highest BCUT2D eigenvalue weighted by Gasteiger charge is 2.48. The van der Waals surface area contributed by atoms with Crippen molar-refractivity contribution in [3.63, 3.8) is 0 Å². The number of carbonyl (C=O) groups is 9. The number of alkyl halides is 4. The molecule has 100 heavy (non-hydrogen) atoms. The lowest BCUT2D eigenvalue weighted by molar-refractivity contribution is -0.140. The fourth-order valence-electron chi connectivity index (χ4n) is 11.9. The van der Waals surface area contributed by atoms with E-state index in [0.717, 1.165) is 9.80 Å². The van der Waals surface area contributed by atoms with Gasteiger partial charge in [-0.2, -0.15) is 10.5 Å². The Kier molecular flexibility index (Phi) is 24.6. The lowest BCUT2D eigenvalue weighted by Crippen LogP contribution is -2.50. The number of nitrogens with zero attached hydrogens (tertiary/aromatic N) is 11. The SMILES string of the molecule is N#C[C@@H]1CC(F)(F)CN1C(=O)CNC(=O)c1ccnc2ccc(-c3ccc(OCCN(CCOc4ccc(-c5ccc6nccc(C(=O)NCC(=O)N7CC(F)(F)C[C@H]7C#N)c6c5)cc4)C(=O)CNC(=O)CN4CCN(CC(=O)O)CCN(CC(=O)O)CCN(CC(=O)O)CC4)cc3)cc12. The van der Waals surface area contributed by atoms with Gasteiger partial charge in [-0.15, -0.1) is 0 Å². The number of fused-ring (bicyclic) bond motifs is 2. The van der Waals surface area contributed by atoms with Crippen LogP contribution in [0.4, 0.5) is 17.6 Å². The van der Waals surface area contributed by atoms with Crippen LogP contribution < -0.4 is 25.4 Å². The molecule has 9 rings (SSSR count). The first-order chi connectivity index (χ1) is 47.8. The van der Waals surface area contributed by atoms with Crippen molar-refractivity contribution in [3.05, 3.63) is 121 Å². The van der Waals surface area contributed by atoms with Gasteiger partial charge >= 0.3 is 17.9 Å². The molecule has 0 unspecified atom stereocenters. The number of pyridine rings is 2. The molecular formula is C68H72F4N14O14. The lowest BCUT2D eigenvalue weighted by Gasteiger charge is -2.32. The molecule has 2 atom stereocenters. The molecule has 0 aliphatic carbocycles. The molecule has 0 bridgehead atoms. The Labute approximate surface area is 570 Å². The largest absolute Gasteiger partial charge is 0.492 e. The minimum absolute atomic E-state index is 0.00270. The summed E-state index contributed by atoms with van der Waals surface area (Å²) in [7, 11) is 0. The molecule has 526 valence electrons. The van der Waals surface area contributed by atoms with E-state index < -0.39 is 123 Å². The van der Waals surface area contributed by atoms with Crippen LogP contribution in [-0.4, -0.2) is 274 Å². The number of hydrogen-bond donors (Lipinski definition) is 6. The lowest BCUT2D eigenvalue weighted by atomic mass is 10.0. The number of aliphatic carboxylic acids is 3. The third-order valence-electron chi connectivity index (χ3n) is 17.0. The number of aromatic nitrogens is 2. The number of ether oxygens (including phenoxy) is 2. The highest BCUT2D eigenvalue weighted by molar-refractivity contribution is 6.09. The van der Waals surface area contributed by atoms with Crippen LogP contribution in [0.1, 0.15) is 33.6 Å². The van der Waals surface area contributed by atoms with Gasteiger partial charge in [0.05, 0.1) is 106 Å². The third-order valence-corrected chi connectivity index (χ3v) is 17.0. The maximum absolute atomic E-state index is 14.2. The molecule has 6 amide bonds. The van der Waals surface area contributed by atoms with E-state index >= 15 is 0 Å². The van der Waals surface area contributed by atoms with Crippen molar-refractivity contribution in [2.45, 2.75) is 36.8 Å². The maximum Gasteiger partial charge on any atom is 0.317 e. The van der Waals surface area contributed by atoms with E-state index in [-0.39, 0.29) is 116 Å². The van der Waals surface area contributed by atoms with Crippen LogP contribution in [0.15, 0.2) is 109 Å². The first kappa shape index (κ1) is 73.3. The first-order valence-electron chi connectivity index (χ1n) is 31.9. The van der Waals surface area contributed by atoms with Gasteiger partial charge in [-0.25, -0.2) is 17.6 Å². The van der Waals surface area contributed by atoms with E-state index in [1.54, 1.807) is 117 Å². The van der Waals surface area contributed by atoms with Gasteiger partial charge in [-0.3, -0.25) is 72.7 Å². The highest BCUT2D eigenvalue weighted by Crippen LogP contribution is 2.34. The summed E-state index contributed by atoms with van der Waals surface area (Å²) >= 11 is 0. The summed E-state index contributed by atoms with van der Waals surface area (Å²) in [6.07, 6.45) is 1.23. The van der Waals surface area contributed by atoms with Crippen LogP contribution in [0.2, 0.25) is 0 Å². The van der Waals surface area contributed by atoms with E-state index in [0.29, 0.717) is 55.6 Å². The number of nitriles is 2. The molecule has 0 radical (unpaired) electrons. The quantitative estimate of drug-likeness (QED) is 0.0425. The normalized spacial score (nSPS) is 17.6. The summed E-state index contributed by atoms with van der Waals surface area (Å²) in [5, 5.41) is 56.1. The summed E-state index contributed by atoms with van der Waals surface area (Å²) in [6.45, 7) is -3.64. The average molecular weight is 1390 g/mol. The van der Waals surface area contributed by atoms with Crippen molar-refractivity contribution in [1.82, 2.24) is 60.2 Å². The Hall–Kier alpha value is -10.9. The molecule has 3 aliphatic rings. The maximum atomic E-state index is 14.2. The standard InChI is InChI=1S/C68H72F4N14O14/c69-67(70)31-48(33-73)85(42-67)60(89)36-78-65(97)52-13-15-75-56-11-5-46(29-54(52)56)44-1-7-50(8-2-44)99-27-25-84(59(88)35-77-58(87)38-80-17-19-81(39-62(91)92)21-23-83(41-64(95)96)24-22-82(20-18-80)40-63(93)94)26-28-100-51-9-3-45(4-10-51)47-6-12-57-55(30-47)53(14-16-76-57)66(98)79-37-61(90)86-43-68(71,72)32-49(86)34-74/h1-16,29-30,48-49H,17-28,31-32,35-43H2,(H,77,87)(H,78,97)(H,79,98)(H,91,92)(H,93,94)(H,95,96)/t48-,49-/m0/s1. The van der Waals surface area contributed by atoms with Gasteiger partial charge in [0.15, 0.2) is 0 Å². The Morgan fingerprint density at radius 3 is 1.22 bits per heavy atom. The number of hydrogen-bond acceptors (Lipinski definition) is 19. The molecule has 5 heterocycles. The van der Waals surface area contributed by atoms with E-state index in [9.17, 15) is 86.6 Å². The zero-order valence-corrected chi connectivity index (χ0v) is 54.1. The van der Waals surface area contributed by atoms with Crippen LogP contribution in [0, 0.1) is 22.7 Å². The Balaban J connectivity index is 0.851. The minimum Gasteiger partial charge on any atom is -0.492 e. The summed E-state index contributed by atoms with van der Waals surface area (Å²) in [5.41, 5.74) is 3.96. The Bertz CT molecular complexity index is 3870. The van der Waals surface area contributed by atoms with E-state index in [1.165, 1.54) is 29.4 Å². The fraction of sp³-hybridized carbons (Fsp3) is 0.397. The van der Waals surface area contributed by atoms with Gasteiger partial charge in [0.25, 0.3) is 23.7 Å². The fourth-order valence-corrected chi connectivity index (χ4v) is 11.9. The Morgan fingerprint density at radius 2 is 0.860 bits per heavy atom. The molecule has 3 saturated heterocycles. The van der Waals surface area contributed by atoms with E-state index in [1.807, 2.05) is 0 Å². The summed E-state index contributed by atoms with van der Waals surface area (Å²) in [4.78, 5) is 134. The zero-order valence-electron chi connectivity index (χ0n) is 54.1. The molecule has 3 aliphatic heterocycles. The predicted octanol–water partition coefficient (Wildman–Crippen LogP) is 2.97. The number of nitrogens with one attached hydrogen (secondary N) is 3. The number of carboxylic acids is 3. The number of carbonyl (C=O) groups excluding carboxylic acids is 6. The monoisotopic (exact) mass is 1380 g/mol. The third kappa shape index (κ3) is 20.3. The van der Waals surface area contributed by atoms with E-state index in [4.69, 9.17) is 9.47 Å². The van der Waals surface area contributed by atoms with Crippen molar-refractivity contribution < 1.29 is 85.5 Å². The number of halogens is 4. The number of amides is 6. The molecule has 0 spiro atoms. The van der Waals surface area contributed by atoms with Gasteiger partial charge in [0.2, 0.25) is 23.6 Å². The van der Waals surface area contributed by atoms with Crippen molar-refractivity contribution in [2.75, 3.05) is 138 Å². The molecule has 28 nitrogen and oxygen atoms in total. The Morgan fingerprint density at radius 1 is 0.500 bits per heavy atom. The molecule has 6 N–H and O–H groups in total. The summed E-state index contributed by atoms with van der Waals surface area (Å²) < 4.78 is 68.5. The molecule has 3 fully saturated rings.